The Labute approximate surface area is 126 Å². The summed E-state index contributed by atoms with van der Waals surface area (Å²) in [5.41, 5.74) is 3.20. The van der Waals surface area contributed by atoms with Gasteiger partial charge < -0.3 is 10.2 Å². The van der Waals surface area contributed by atoms with Crippen molar-refractivity contribution in [1.82, 2.24) is 25.6 Å². The van der Waals surface area contributed by atoms with Crippen LogP contribution in [0, 0.1) is 5.41 Å². The number of nitrogens with one attached hydrogen (secondary N) is 2. The monoisotopic (exact) mass is 287 g/mol. The van der Waals surface area contributed by atoms with Crippen molar-refractivity contribution in [1.29, 1.82) is 0 Å². The summed E-state index contributed by atoms with van der Waals surface area (Å²) < 4.78 is 0. The predicted octanol–water partition coefficient (Wildman–Crippen LogP) is 2.15. The van der Waals surface area contributed by atoms with Gasteiger partial charge in [0, 0.05) is 25.2 Å². The highest BCUT2D eigenvalue weighted by molar-refractivity contribution is 5.60. The summed E-state index contributed by atoms with van der Waals surface area (Å²) in [5.74, 6) is 0. The van der Waals surface area contributed by atoms with E-state index in [0.717, 1.165) is 36.6 Å². The van der Waals surface area contributed by atoms with Gasteiger partial charge in [0.25, 0.3) is 0 Å². The second-order valence-corrected chi connectivity index (χ2v) is 6.49. The molecule has 0 aliphatic carbocycles. The lowest BCUT2D eigenvalue weighted by Crippen LogP contribution is -2.37. The average Bonchev–Trinajstić information content (AvgIpc) is 2.86. The molecule has 1 aromatic carbocycles. The van der Waals surface area contributed by atoms with Gasteiger partial charge in [0.1, 0.15) is 11.4 Å². The zero-order valence-electron chi connectivity index (χ0n) is 13.3. The fourth-order valence-corrected chi connectivity index (χ4v) is 2.63. The Hall–Kier alpha value is -1.72. The molecule has 1 heterocycles. The molecular formula is C16H25N5. The molecule has 2 aromatic rings. The molecule has 0 radical (unpaired) electrons. The van der Waals surface area contributed by atoms with Crippen molar-refractivity contribution >= 4 is 0 Å². The van der Waals surface area contributed by atoms with E-state index in [9.17, 15) is 0 Å². The molecule has 0 atom stereocenters. The summed E-state index contributed by atoms with van der Waals surface area (Å²) in [6.45, 7) is 7.23. The van der Waals surface area contributed by atoms with E-state index in [2.05, 4.69) is 65.7 Å². The Morgan fingerprint density at radius 2 is 1.86 bits per heavy atom. The molecule has 1 aromatic heterocycles. The van der Waals surface area contributed by atoms with Crippen LogP contribution in [-0.4, -0.2) is 47.5 Å². The molecule has 21 heavy (non-hydrogen) atoms. The van der Waals surface area contributed by atoms with Gasteiger partial charge in [-0.1, -0.05) is 44.2 Å². The third-order valence-corrected chi connectivity index (χ3v) is 3.31. The van der Waals surface area contributed by atoms with Crippen LogP contribution in [0.3, 0.4) is 0 Å². The van der Waals surface area contributed by atoms with E-state index in [1.807, 2.05) is 18.2 Å². The van der Waals surface area contributed by atoms with E-state index in [4.69, 9.17) is 0 Å². The number of aromatic nitrogens is 3. The summed E-state index contributed by atoms with van der Waals surface area (Å²) >= 11 is 0. The Morgan fingerprint density at radius 1 is 1.14 bits per heavy atom. The molecule has 2 N–H and O–H groups in total. The van der Waals surface area contributed by atoms with Gasteiger partial charge in [0.05, 0.1) is 0 Å². The van der Waals surface area contributed by atoms with Crippen molar-refractivity contribution in [3.8, 4) is 11.3 Å². The fraction of sp³-hybridized carbons (Fsp3) is 0.500. The van der Waals surface area contributed by atoms with Crippen LogP contribution in [0.4, 0.5) is 0 Å². The van der Waals surface area contributed by atoms with Crippen LogP contribution in [0.1, 0.15) is 19.5 Å². The van der Waals surface area contributed by atoms with Crippen LogP contribution in [0.15, 0.2) is 30.3 Å². The lowest BCUT2D eigenvalue weighted by Gasteiger charge is -2.28. The quantitative estimate of drug-likeness (QED) is 0.819. The van der Waals surface area contributed by atoms with Gasteiger partial charge in [-0.05, 0) is 19.5 Å². The molecule has 0 unspecified atom stereocenters. The summed E-state index contributed by atoms with van der Waals surface area (Å²) in [7, 11) is 4.21. The number of rotatable bonds is 7. The smallest absolute Gasteiger partial charge is 0.117 e. The SMILES string of the molecule is CN(C)CC(C)(C)CNCc1n[nH]nc1-c1ccccc1. The standard InChI is InChI=1S/C16H25N5/c1-16(2,12-21(3)4)11-17-10-14-15(19-20-18-14)13-8-6-5-7-9-13/h5-9,17H,10-12H2,1-4H3,(H,18,19,20). The number of hydrogen-bond acceptors (Lipinski definition) is 4. The number of nitrogens with zero attached hydrogens (tertiary/aromatic N) is 3. The van der Waals surface area contributed by atoms with Crippen molar-refractivity contribution in [3.05, 3.63) is 36.0 Å². The molecule has 0 spiro atoms. The van der Waals surface area contributed by atoms with Gasteiger partial charge in [0.2, 0.25) is 0 Å². The van der Waals surface area contributed by atoms with Crippen LogP contribution in [0.25, 0.3) is 11.3 Å². The highest BCUT2D eigenvalue weighted by Crippen LogP contribution is 2.19. The zero-order chi connectivity index (χ0) is 15.3. The highest BCUT2D eigenvalue weighted by Gasteiger charge is 2.19. The Balaban J connectivity index is 1.95. The molecule has 114 valence electrons. The minimum Gasteiger partial charge on any atom is -0.310 e. The molecule has 0 aliphatic rings. The zero-order valence-corrected chi connectivity index (χ0v) is 13.3. The first-order valence-corrected chi connectivity index (χ1v) is 7.28. The number of hydrogen-bond donors (Lipinski definition) is 2. The number of aromatic amines is 1. The topological polar surface area (TPSA) is 56.8 Å². The van der Waals surface area contributed by atoms with Crippen LogP contribution in [0.2, 0.25) is 0 Å². The lowest BCUT2D eigenvalue weighted by molar-refractivity contribution is 0.232. The maximum Gasteiger partial charge on any atom is 0.117 e. The highest BCUT2D eigenvalue weighted by atomic mass is 15.3. The number of H-pyrrole nitrogens is 1. The van der Waals surface area contributed by atoms with E-state index < -0.39 is 0 Å². The summed E-state index contributed by atoms with van der Waals surface area (Å²) in [5, 5.41) is 14.8. The molecule has 0 aliphatic heterocycles. The van der Waals surface area contributed by atoms with Crippen LogP contribution >= 0.6 is 0 Å². The molecular weight excluding hydrogens is 262 g/mol. The minimum atomic E-state index is 0.222. The summed E-state index contributed by atoms with van der Waals surface area (Å²) in [6, 6.07) is 10.1. The first kappa shape index (κ1) is 15.7. The molecule has 5 heteroatoms. The maximum absolute atomic E-state index is 4.27. The lowest BCUT2D eigenvalue weighted by atomic mass is 9.93. The van der Waals surface area contributed by atoms with Crippen LogP contribution in [-0.2, 0) is 6.54 Å². The van der Waals surface area contributed by atoms with Gasteiger partial charge in [-0.25, -0.2) is 0 Å². The van der Waals surface area contributed by atoms with Gasteiger partial charge in [-0.2, -0.15) is 15.4 Å². The van der Waals surface area contributed by atoms with E-state index in [1.54, 1.807) is 0 Å². The minimum absolute atomic E-state index is 0.222. The fourth-order valence-electron chi connectivity index (χ4n) is 2.63. The Morgan fingerprint density at radius 3 is 2.52 bits per heavy atom. The molecule has 0 fully saturated rings. The third kappa shape index (κ3) is 4.65. The Bertz CT molecular complexity index is 545. The van der Waals surface area contributed by atoms with Gasteiger partial charge in [-0.3, -0.25) is 0 Å². The predicted molar refractivity (Wildman–Crippen MR) is 85.9 cm³/mol. The van der Waals surface area contributed by atoms with E-state index >= 15 is 0 Å². The van der Waals surface area contributed by atoms with Crippen molar-refractivity contribution in [2.45, 2.75) is 20.4 Å². The largest absolute Gasteiger partial charge is 0.310 e. The van der Waals surface area contributed by atoms with Gasteiger partial charge in [-0.15, -0.1) is 0 Å². The maximum atomic E-state index is 4.27. The van der Waals surface area contributed by atoms with Crippen molar-refractivity contribution in [2.75, 3.05) is 27.2 Å². The summed E-state index contributed by atoms with van der Waals surface area (Å²) in [6.07, 6.45) is 0. The number of benzene rings is 1. The van der Waals surface area contributed by atoms with Crippen molar-refractivity contribution in [3.63, 3.8) is 0 Å². The third-order valence-electron chi connectivity index (χ3n) is 3.31. The molecule has 0 saturated heterocycles. The van der Waals surface area contributed by atoms with Crippen LogP contribution in [0.5, 0.6) is 0 Å². The average molecular weight is 287 g/mol. The van der Waals surface area contributed by atoms with Crippen molar-refractivity contribution in [2.24, 2.45) is 5.41 Å². The van der Waals surface area contributed by atoms with E-state index in [1.165, 1.54) is 0 Å². The molecule has 2 rings (SSSR count). The second-order valence-electron chi connectivity index (χ2n) is 6.49. The molecule has 5 nitrogen and oxygen atoms in total. The van der Waals surface area contributed by atoms with E-state index in [-0.39, 0.29) is 5.41 Å². The summed E-state index contributed by atoms with van der Waals surface area (Å²) in [4.78, 5) is 2.22. The van der Waals surface area contributed by atoms with Crippen LogP contribution < -0.4 is 5.32 Å². The molecule has 0 amide bonds. The first-order valence-electron chi connectivity index (χ1n) is 7.28. The second kappa shape index (κ2) is 6.83. The van der Waals surface area contributed by atoms with Crippen molar-refractivity contribution < 1.29 is 0 Å². The molecule has 0 bridgehead atoms. The normalized spacial score (nSPS) is 12.0. The Kier molecular flexibility index (Phi) is 5.09. The van der Waals surface area contributed by atoms with E-state index in [0.29, 0.717) is 0 Å². The van der Waals surface area contributed by atoms with Gasteiger partial charge >= 0.3 is 0 Å². The first-order chi connectivity index (χ1) is 9.98. The van der Waals surface area contributed by atoms with Gasteiger partial charge in [0.15, 0.2) is 0 Å². The molecule has 0 saturated carbocycles.